The molecule has 0 aromatic heterocycles. The molecule has 0 aliphatic rings. The van der Waals surface area contributed by atoms with Gasteiger partial charge in [0.05, 0.1) is 6.10 Å². The molecule has 0 spiro atoms. The highest BCUT2D eigenvalue weighted by Gasteiger charge is 2.01. The molecule has 8 heavy (non-hydrogen) atoms. The zero-order valence-corrected chi connectivity index (χ0v) is 6.02. The topological polar surface area (TPSA) is 20.2 Å². The van der Waals surface area contributed by atoms with Gasteiger partial charge >= 0.3 is 0 Å². The molecule has 1 nitrogen and oxygen atoms in total. The van der Waals surface area contributed by atoms with Crippen LogP contribution in [0.2, 0.25) is 0 Å². The Balaban J connectivity index is 3.10. The van der Waals surface area contributed by atoms with Gasteiger partial charge in [0.25, 0.3) is 0 Å². The first kappa shape index (κ1) is 7.96. The van der Waals surface area contributed by atoms with Crippen LogP contribution in [-0.4, -0.2) is 11.2 Å². The molecule has 0 aromatic carbocycles. The molecule has 0 fully saturated rings. The molecular formula is C7H16O. The van der Waals surface area contributed by atoms with Crippen molar-refractivity contribution in [2.75, 3.05) is 0 Å². The summed E-state index contributed by atoms with van der Waals surface area (Å²) in [6.07, 6.45) is 1.99. The molecule has 0 amide bonds. The van der Waals surface area contributed by atoms with E-state index in [1.54, 1.807) is 0 Å². The summed E-state index contributed by atoms with van der Waals surface area (Å²) in [7, 11) is 0. The Morgan fingerprint density at radius 3 is 2.00 bits per heavy atom. The second-order valence-corrected chi connectivity index (χ2v) is 2.60. The lowest BCUT2D eigenvalue weighted by Gasteiger charge is -2.08. The number of rotatable bonds is 3. The Labute approximate surface area is 51.7 Å². The van der Waals surface area contributed by atoms with Crippen molar-refractivity contribution in [3.05, 3.63) is 0 Å². The Hall–Kier alpha value is -0.0400. The van der Waals surface area contributed by atoms with Gasteiger partial charge in [-0.3, -0.25) is 0 Å². The summed E-state index contributed by atoms with van der Waals surface area (Å²) in [6, 6.07) is 0. The van der Waals surface area contributed by atoms with Gasteiger partial charge in [-0.15, -0.1) is 0 Å². The number of aliphatic hydroxyl groups excluding tert-OH is 1. The number of hydrogen-bond donors (Lipinski definition) is 1. The summed E-state index contributed by atoms with van der Waals surface area (Å²) in [5.74, 6) is 0.676. The molecule has 0 aliphatic heterocycles. The van der Waals surface area contributed by atoms with Gasteiger partial charge in [0.15, 0.2) is 0 Å². The average Bonchev–Trinajstić information content (AvgIpc) is 1.65. The summed E-state index contributed by atoms with van der Waals surface area (Å²) in [6.45, 7) is 6.14. The second-order valence-electron chi connectivity index (χ2n) is 2.60. The van der Waals surface area contributed by atoms with Crippen LogP contribution in [0.5, 0.6) is 0 Å². The highest BCUT2D eigenvalue weighted by molar-refractivity contribution is 4.53. The molecule has 0 bridgehead atoms. The molecule has 2 unspecified atom stereocenters. The summed E-state index contributed by atoms with van der Waals surface area (Å²) < 4.78 is 0. The van der Waals surface area contributed by atoms with Crippen LogP contribution in [0.1, 0.15) is 33.6 Å². The predicted octanol–water partition coefficient (Wildman–Crippen LogP) is 1.80. The van der Waals surface area contributed by atoms with E-state index in [9.17, 15) is 0 Å². The van der Waals surface area contributed by atoms with Crippen LogP contribution in [0.15, 0.2) is 0 Å². The van der Waals surface area contributed by atoms with Crippen molar-refractivity contribution in [1.29, 1.82) is 0 Å². The molecule has 0 rings (SSSR count). The van der Waals surface area contributed by atoms with E-state index in [1.807, 2.05) is 6.92 Å². The maximum absolute atomic E-state index is 8.85. The van der Waals surface area contributed by atoms with Crippen molar-refractivity contribution in [3.8, 4) is 0 Å². The highest BCUT2D eigenvalue weighted by atomic mass is 16.3. The Kier molecular flexibility index (Phi) is 3.88. The van der Waals surface area contributed by atoms with Crippen molar-refractivity contribution in [2.24, 2.45) is 5.92 Å². The number of hydrogen-bond acceptors (Lipinski definition) is 1. The van der Waals surface area contributed by atoms with Crippen molar-refractivity contribution >= 4 is 0 Å². The van der Waals surface area contributed by atoms with E-state index in [4.69, 9.17) is 5.11 Å². The zero-order chi connectivity index (χ0) is 6.57. The third kappa shape index (κ3) is 4.13. The SMILES string of the molecule is CCC(C)CC(C)O. The van der Waals surface area contributed by atoms with Gasteiger partial charge in [0.2, 0.25) is 0 Å². The molecule has 50 valence electrons. The minimum absolute atomic E-state index is 0.120. The fourth-order valence-corrected chi connectivity index (χ4v) is 0.749. The highest BCUT2D eigenvalue weighted by Crippen LogP contribution is 2.08. The predicted molar refractivity (Wildman–Crippen MR) is 35.8 cm³/mol. The van der Waals surface area contributed by atoms with Crippen LogP contribution < -0.4 is 0 Å². The molecular weight excluding hydrogens is 100 g/mol. The molecule has 1 N–H and O–H groups in total. The minimum Gasteiger partial charge on any atom is -0.393 e. The molecule has 0 saturated heterocycles. The van der Waals surface area contributed by atoms with Crippen molar-refractivity contribution < 1.29 is 5.11 Å². The third-order valence-corrected chi connectivity index (χ3v) is 1.44. The molecule has 1 heteroatoms. The normalized spacial score (nSPS) is 18.0. The molecule has 2 atom stereocenters. The van der Waals surface area contributed by atoms with Crippen LogP contribution in [0.25, 0.3) is 0 Å². The van der Waals surface area contributed by atoms with Crippen molar-refractivity contribution in [2.45, 2.75) is 39.7 Å². The van der Waals surface area contributed by atoms with Gasteiger partial charge in [0.1, 0.15) is 0 Å². The number of aliphatic hydroxyl groups is 1. The lowest BCUT2D eigenvalue weighted by atomic mass is 10.0. The van der Waals surface area contributed by atoms with E-state index < -0.39 is 0 Å². The monoisotopic (exact) mass is 116 g/mol. The summed E-state index contributed by atoms with van der Waals surface area (Å²) in [4.78, 5) is 0. The van der Waals surface area contributed by atoms with Gasteiger partial charge in [0, 0.05) is 0 Å². The molecule has 0 radical (unpaired) electrons. The first-order valence-corrected chi connectivity index (χ1v) is 3.34. The Morgan fingerprint density at radius 1 is 1.38 bits per heavy atom. The largest absolute Gasteiger partial charge is 0.393 e. The van der Waals surface area contributed by atoms with Crippen LogP contribution in [0.3, 0.4) is 0 Å². The zero-order valence-electron chi connectivity index (χ0n) is 6.02. The quantitative estimate of drug-likeness (QED) is 0.596. The van der Waals surface area contributed by atoms with Crippen molar-refractivity contribution in [1.82, 2.24) is 0 Å². The minimum atomic E-state index is -0.120. The lowest BCUT2D eigenvalue weighted by Crippen LogP contribution is -2.05. The summed E-state index contributed by atoms with van der Waals surface area (Å²) >= 11 is 0. The van der Waals surface area contributed by atoms with E-state index in [0.29, 0.717) is 5.92 Å². The smallest absolute Gasteiger partial charge is 0.0514 e. The summed E-state index contributed by atoms with van der Waals surface area (Å²) in [5, 5.41) is 8.85. The molecule has 0 saturated carbocycles. The van der Waals surface area contributed by atoms with E-state index in [-0.39, 0.29) is 6.10 Å². The van der Waals surface area contributed by atoms with Crippen LogP contribution in [0.4, 0.5) is 0 Å². The van der Waals surface area contributed by atoms with Gasteiger partial charge < -0.3 is 5.11 Å². The third-order valence-electron chi connectivity index (χ3n) is 1.44. The molecule has 0 heterocycles. The molecule has 0 aromatic rings. The Bertz CT molecular complexity index is 50.3. The standard InChI is InChI=1S/C7H16O/c1-4-6(2)5-7(3)8/h6-8H,4-5H2,1-3H3. The van der Waals surface area contributed by atoms with Gasteiger partial charge in [-0.1, -0.05) is 20.3 Å². The fraction of sp³-hybridized carbons (Fsp3) is 1.00. The second kappa shape index (κ2) is 3.90. The lowest BCUT2D eigenvalue weighted by molar-refractivity contribution is 0.163. The van der Waals surface area contributed by atoms with E-state index >= 15 is 0 Å². The summed E-state index contributed by atoms with van der Waals surface area (Å²) in [5.41, 5.74) is 0. The Morgan fingerprint density at radius 2 is 1.88 bits per heavy atom. The van der Waals surface area contributed by atoms with Crippen molar-refractivity contribution in [3.63, 3.8) is 0 Å². The van der Waals surface area contributed by atoms with Crippen LogP contribution >= 0.6 is 0 Å². The van der Waals surface area contributed by atoms with Gasteiger partial charge in [-0.2, -0.15) is 0 Å². The average molecular weight is 116 g/mol. The van der Waals surface area contributed by atoms with Crippen LogP contribution in [0, 0.1) is 5.92 Å². The van der Waals surface area contributed by atoms with Gasteiger partial charge in [-0.05, 0) is 19.3 Å². The van der Waals surface area contributed by atoms with Crippen LogP contribution in [-0.2, 0) is 0 Å². The molecule has 0 aliphatic carbocycles. The first-order valence-electron chi connectivity index (χ1n) is 3.34. The fourth-order valence-electron chi connectivity index (χ4n) is 0.749. The van der Waals surface area contributed by atoms with E-state index in [2.05, 4.69) is 13.8 Å². The van der Waals surface area contributed by atoms with Gasteiger partial charge in [-0.25, -0.2) is 0 Å². The first-order chi connectivity index (χ1) is 3.66. The maximum Gasteiger partial charge on any atom is 0.0514 e. The maximum atomic E-state index is 8.85. The van der Waals surface area contributed by atoms with E-state index in [1.165, 1.54) is 6.42 Å². The van der Waals surface area contributed by atoms with E-state index in [0.717, 1.165) is 6.42 Å².